The fourth-order valence-electron chi connectivity index (χ4n) is 2.85. The van der Waals surface area contributed by atoms with Crippen molar-refractivity contribution in [3.63, 3.8) is 0 Å². The molecule has 0 bridgehead atoms. The maximum atomic E-state index is 5.44. The van der Waals surface area contributed by atoms with Gasteiger partial charge >= 0.3 is 0 Å². The minimum atomic E-state index is 0.159. The van der Waals surface area contributed by atoms with Crippen LogP contribution in [0.2, 0.25) is 0 Å². The fraction of sp³-hybridized carbons (Fsp3) is 0.647. The Balaban J connectivity index is 1.53. The van der Waals surface area contributed by atoms with Crippen molar-refractivity contribution in [1.29, 1.82) is 0 Å². The molecule has 1 aliphatic heterocycles. The topological polar surface area (TPSA) is 71.2 Å². The number of aryl methyl sites for hydroxylation is 1. The van der Waals surface area contributed by atoms with Crippen molar-refractivity contribution in [2.24, 2.45) is 0 Å². The molecule has 0 unspecified atom stereocenters. The zero-order valence-corrected chi connectivity index (χ0v) is 14.9. The first-order valence-corrected chi connectivity index (χ1v) is 8.60. The summed E-state index contributed by atoms with van der Waals surface area (Å²) in [5, 5.41) is 4.07. The van der Waals surface area contributed by atoms with Gasteiger partial charge in [-0.1, -0.05) is 19.0 Å². The summed E-state index contributed by atoms with van der Waals surface area (Å²) < 4.78 is 5.44. The Bertz CT molecular complexity index is 645. The first kappa shape index (κ1) is 17.0. The Morgan fingerprint density at radius 1 is 1.08 bits per heavy atom. The Morgan fingerprint density at radius 3 is 2.42 bits per heavy atom. The van der Waals surface area contributed by atoms with Crippen molar-refractivity contribution in [2.45, 2.75) is 46.2 Å². The van der Waals surface area contributed by atoms with Gasteiger partial charge in [0.15, 0.2) is 5.82 Å². The molecule has 0 radical (unpaired) electrons. The van der Waals surface area contributed by atoms with E-state index < -0.39 is 0 Å². The van der Waals surface area contributed by atoms with E-state index in [0.717, 1.165) is 55.8 Å². The summed E-state index contributed by atoms with van der Waals surface area (Å²) in [7, 11) is 0. The predicted molar refractivity (Wildman–Crippen MR) is 90.4 cm³/mol. The molecule has 24 heavy (non-hydrogen) atoms. The van der Waals surface area contributed by atoms with Crippen molar-refractivity contribution in [1.82, 2.24) is 29.9 Å². The lowest BCUT2D eigenvalue weighted by molar-refractivity contribution is 0.0838. The third-order valence-electron chi connectivity index (χ3n) is 4.51. The zero-order valence-electron chi connectivity index (χ0n) is 14.9. The van der Waals surface area contributed by atoms with Crippen LogP contribution in [-0.4, -0.2) is 56.1 Å². The van der Waals surface area contributed by atoms with E-state index in [4.69, 9.17) is 4.52 Å². The minimum absolute atomic E-state index is 0.159. The average molecular weight is 330 g/mol. The van der Waals surface area contributed by atoms with Crippen LogP contribution >= 0.6 is 0 Å². The zero-order chi connectivity index (χ0) is 17.1. The van der Waals surface area contributed by atoms with Crippen LogP contribution in [0.5, 0.6) is 0 Å². The molecule has 1 aliphatic rings. The fourth-order valence-corrected chi connectivity index (χ4v) is 2.85. The second-order valence-electron chi connectivity index (χ2n) is 6.78. The second kappa shape index (κ2) is 7.36. The summed E-state index contributed by atoms with van der Waals surface area (Å²) in [6.07, 6.45) is 3.70. The molecule has 0 N–H and O–H groups in total. The monoisotopic (exact) mass is 330 g/mol. The van der Waals surface area contributed by atoms with Crippen LogP contribution in [-0.2, 0) is 6.54 Å². The number of aromatic nitrogens is 4. The number of hydrogen-bond acceptors (Lipinski definition) is 7. The molecule has 3 heterocycles. The maximum absolute atomic E-state index is 5.44. The molecule has 0 amide bonds. The third kappa shape index (κ3) is 3.96. The van der Waals surface area contributed by atoms with Crippen molar-refractivity contribution in [3.05, 3.63) is 35.5 Å². The van der Waals surface area contributed by atoms with Gasteiger partial charge in [-0.2, -0.15) is 4.98 Å². The van der Waals surface area contributed by atoms with Gasteiger partial charge in [0.25, 0.3) is 0 Å². The molecule has 7 heteroatoms. The van der Waals surface area contributed by atoms with Crippen LogP contribution in [0.4, 0.5) is 0 Å². The molecule has 1 fully saturated rings. The second-order valence-corrected chi connectivity index (χ2v) is 6.78. The van der Waals surface area contributed by atoms with Gasteiger partial charge in [0, 0.05) is 51.0 Å². The number of piperazine rings is 1. The molecule has 130 valence electrons. The standard InChI is InChI=1S/C17H26N6O/c1-12(2)16-20-17(24-21-16)14(4)23-7-5-22(6-8-23)11-15-10-18-13(3)9-19-15/h9-10,12,14H,5-8,11H2,1-4H3/t14-/m1/s1. The molecule has 2 aromatic rings. The molecule has 1 saturated heterocycles. The molecule has 3 rings (SSSR count). The normalized spacial score (nSPS) is 18.2. The van der Waals surface area contributed by atoms with Crippen molar-refractivity contribution in [2.75, 3.05) is 26.2 Å². The van der Waals surface area contributed by atoms with Crippen LogP contribution in [0.15, 0.2) is 16.9 Å². The summed E-state index contributed by atoms with van der Waals surface area (Å²) >= 11 is 0. The van der Waals surface area contributed by atoms with E-state index in [1.165, 1.54) is 0 Å². The van der Waals surface area contributed by atoms with Crippen LogP contribution in [0.1, 0.15) is 55.8 Å². The van der Waals surface area contributed by atoms with Gasteiger partial charge < -0.3 is 4.52 Å². The van der Waals surface area contributed by atoms with Gasteiger partial charge in [-0.05, 0) is 13.8 Å². The highest BCUT2D eigenvalue weighted by Gasteiger charge is 2.26. The first-order chi connectivity index (χ1) is 11.5. The van der Waals surface area contributed by atoms with E-state index in [2.05, 4.69) is 50.7 Å². The summed E-state index contributed by atoms with van der Waals surface area (Å²) in [4.78, 5) is 18.1. The molecule has 0 aromatic carbocycles. The Hall–Kier alpha value is -1.86. The maximum Gasteiger partial charge on any atom is 0.243 e. The van der Waals surface area contributed by atoms with Gasteiger partial charge in [-0.25, -0.2) is 0 Å². The first-order valence-electron chi connectivity index (χ1n) is 8.60. The molecule has 2 aromatic heterocycles. The quantitative estimate of drug-likeness (QED) is 0.832. The van der Waals surface area contributed by atoms with E-state index in [1.807, 2.05) is 19.3 Å². The summed E-state index contributed by atoms with van der Waals surface area (Å²) in [5.74, 6) is 1.80. The van der Waals surface area contributed by atoms with Crippen LogP contribution in [0, 0.1) is 6.92 Å². The summed E-state index contributed by atoms with van der Waals surface area (Å²) in [6, 6.07) is 0.159. The van der Waals surface area contributed by atoms with E-state index in [0.29, 0.717) is 5.92 Å². The van der Waals surface area contributed by atoms with Gasteiger partial charge in [-0.15, -0.1) is 0 Å². The molecular formula is C17H26N6O. The highest BCUT2D eigenvalue weighted by molar-refractivity contribution is 5.01. The van der Waals surface area contributed by atoms with Crippen molar-refractivity contribution >= 4 is 0 Å². The molecule has 0 aliphatic carbocycles. The molecular weight excluding hydrogens is 304 g/mol. The molecule has 7 nitrogen and oxygen atoms in total. The minimum Gasteiger partial charge on any atom is -0.338 e. The van der Waals surface area contributed by atoms with Crippen LogP contribution in [0.25, 0.3) is 0 Å². The average Bonchev–Trinajstić information content (AvgIpc) is 3.07. The number of nitrogens with zero attached hydrogens (tertiary/aromatic N) is 6. The number of rotatable bonds is 5. The summed E-state index contributed by atoms with van der Waals surface area (Å²) in [5.41, 5.74) is 1.98. The van der Waals surface area contributed by atoms with Gasteiger partial charge in [-0.3, -0.25) is 19.8 Å². The SMILES string of the molecule is Cc1cnc(CN2CCN([C@H](C)c3nc(C(C)C)no3)CC2)cn1. The Morgan fingerprint density at radius 2 is 1.83 bits per heavy atom. The lowest BCUT2D eigenvalue weighted by Crippen LogP contribution is -2.46. The lowest BCUT2D eigenvalue weighted by atomic mass is 10.2. The van der Waals surface area contributed by atoms with E-state index in [9.17, 15) is 0 Å². The lowest BCUT2D eigenvalue weighted by Gasteiger charge is -2.36. The van der Waals surface area contributed by atoms with Gasteiger partial charge in [0.05, 0.1) is 17.4 Å². The molecule has 0 spiro atoms. The van der Waals surface area contributed by atoms with Crippen molar-refractivity contribution in [3.8, 4) is 0 Å². The third-order valence-corrected chi connectivity index (χ3v) is 4.51. The molecule has 1 atom stereocenters. The highest BCUT2D eigenvalue weighted by Crippen LogP contribution is 2.22. The predicted octanol–water partition coefficient (Wildman–Crippen LogP) is 2.17. The van der Waals surface area contributed by atoms with Gasteiger partial charge in [0.2, 0.25) is 5.89 Å². The van der Waals surface area contributed by atoms with E-state index >= 15 is 0 Å². The van der Waals surface area contributed by atoms with E-state index in [-0.39, 0.29) is 6.04 Å². The van der Waals surface area contributed by atoms with Crippen LogP contribution < -0.4 is 0 Å². The van der Waals surface area contributed by atoms with Gasteiger partial charge in [0.1, 0.15) is 0 Å². The van der Waals surface area contributed by atoms with Crippen LogP contribution in [0.3, 0.4) is 0 Å². The molecule has 0 saturated carbocycles. The largest absolute Gasteiger partial charge is 0.338 e. The van der Waals surface area contributed by atoms with E-state index in [1.54, 1.807) is 0 Å². The Kier molecular flexibility index (Phi) is 5.20. The smallest absolute Gasteiger partial charge is 0.243 e. The Labute approximate surface area is 143 Å². The highest BCUT2D eigenvalue weighted by atomic mass is 16.5. The summed E-state index contributed by atoms with van der Waals surface area (Å²) in [6.45, 7) is 13.1. The number of hydrogen-bond donors (Lipinski definition) is 0. The van der Waals surface area contributed by atoms with Crippen molar-refractivity contribution < 1.29 is 4.52 Å².